The van der Waals surface area contributed by atoms with Crippen LogP contribution in [0.2, 0.25) is 0 Å². The molecule has 5 heteroatoms. The lowest BCUT2D eigenvalue weighted by Gasteiger charge is -2.44. The second-order valence-corrected chi connectivity index (χ2v) is 6.86. The largest absolute Gasteiger partial charge is 0.465 e. The fraction of sp³-hybridized carbons (Fsp3) is 0.611. The van der Waals surface area contributed by atoms with Crippen molar-refractivity contribution in [1.82, 2.24) is 9.96 Å². The van der Waals surface area contributed by atoms with E-state index in [0.29, 0.717) is 19.4 Å². The molecule has 0 unspecified atom stereocenters. The van der Waals surface area contributed by atoms with E-state index in [9.17, 15) is 15.1 Å². The SMILES string of the molecule is CC[C@H]([C@H](CC)N(C(=O)O)C(C)(C)C)N(O)Cc1ccccc1. The van der Waals surface area contributed by atoms with Gasteiger partial charge >= 0.3 is 6.09 Å². The second kappa shape index (κ2) is 8.31. The summed E-state index contributed by atoms with van der Waals surface area (Å²) in [6, 6.07) is 9.18. The summed E-state index contributed by atoms with van der Waals surface area (Å²) in [5.74, 6) is 0. The smallest absolute Gasteiger partial charge is 0.408 e. The molecule has 0 spiro atoms. The highest BCUT2D eigenvalue weighted by Gasteiger charge is 2.38. The molecule has 130 valence electrons. The lowest BCUT2D eigenvalue weighted by molar-refractivity contribution is -0.157. The van der Waals surface area contributed by atoms with Crippen LogP contribution in [0.1, 0.15) is 53.0 Å². The summed E-state index contributed by atoms with van der Waals surface area (Å²) in [5, 5.41) is 21.5. The number of benzene rings is 1. The van der Waals surface area contributed by atoms with Crippen molar-refractivity contribution in [2.75, 3.05) is 0 Å². The minimum Gasteiger partial charge on any atom is -0.465 e. The van der Waals surface area contributed by atoms with Gasteiger partial charge in [-0.3, -0.25) is 4.90 Å². The molecule has 1 rings (SSSR count). The van der Waals surface area contributed by atoms with E-state index in [2.05, 4.69) is 0 Å². The van der Waals surface area contributed by atoms with Gasteiger partial charge < -0.3 is 10.3 Å². The maximum atomic E-state index is 11.8. The molecule has 1 aromatic carbocycles. The molecule has 2 atom stereocenters. The van der Waals surface area contributed by atoms with Crippen LogP contribution in [-0.2, 0) is 6.54 Å². The van der Waals surface area contributed by atoms with E-state index in [1.54, 1.807) is 0 Å². The van der Waals surface area contributed by atoms with Gasteiger partial charge in [-0.25, -0.2) is 4.79 Å². The first-order valence-corrected chi connectivity index (χ1v) is 8.24. The number of carbonyl (C=O) groups is 1. The van der Waals surface area contributed by atoms with Crippen LogP contribution in [0.15, 0.2) is 30.3 Å². The first-order valence-electron chi connectivity index (χ1n) is 8.24. The van der Waals surface area contributed by atoms with Crippen LogP contribution in [-0.4, -0.2) is 44.0 Å². The van der Waals surface area contributed by atoms with E-state index >= 15 is 0 Å². The van der Waals surface area contributed by atoms with E-state index in [4.69, 9.17) is 0 Å². The van der Waals surface area contributed by atoms with Gasteiger partial charge in [0.05, 0.1) is 12.1 Å². The van der Waals surface area contributed by atoms with Gasteiger partial charge in [0.2, 0.25) is 0 Å². The molecule has 23 heavy (non-hydrogen) atoms. The summed E-state index contributed by atoms with van der Waals surface area (Å²) >= 11 is 0. The van der Waals surface area contributed by atoms with Crippen LogP contribution in [0.3, 0.4) is 0 Å². The molecule has 0 saturated heterocycles. The molecule has 0 aromatic heterocycles. The Morgan fingerprint density at radius 1 is 1.09 bits per heavy atom. The maximum Gasteiger partial charge on any atom is 0.408 e. The average molecular weight is 322 g/mol. The summed E-state index contributed by atoms with van der Waals surface area (Å²) in [4.78, 5) is 13.2. The zero-order valence-electron chi connectivity index (χ0n) is 14.9. The predicted octanol–water partition coefficient (Wildman–Crippen LogP) is 4.21. The van der Waals surface area contributed by atoms with Crippen molar-refractivity contribution in [3.05, 3.63) is 35.9 Å². The molecule has 0 aliphatic rings. The minimum atomic E-state index is -0.948. The molecular formula is C18H30N2O3. The number of rotatable bonds is 7. The topological polar surface area (TPSA) is 64.0 Å². The Morgan fingerprint density at radius 2 is 1.61 bits per heavy atom. The summed E-state index contributed by atoms with van der Waals surface area (Å²) in [5.41, 5.74) is 0.481. The van der Waals surface area contributed by atoms with Crippen LogP contribution in [0, 0.1) is 0 Å². The van der Waals surface area contributed by atoms with Crippen LogP contribution in [0.5, 0.6) is 0 Å². The summed E-state index contributed by atoms with van der Waals surface area (Å²) in [6.45, 7) is 9.98. The average Bonchev–Trinajstić information content (AvgIpc) is 2.46. The van der Waals surface area contributed by atoms with Gasteiger partial charge in [-0.2, -0.15) is 5.06 Å². The molecule has 0 aliphatic carbocycles. The summed E-state index contributed by atoms with van der Waals surface area (Å²) in [7, 11) is 0. The van der Waals surface area contributed by atoms with Crippen molar-refractivity contribution < 1.29 is 15.1 Å². The molecule has 1 amide bonds. The molecule has 0 radical (unpaired) electrons. The Labute approximate surface area is 139 Å². The number of hydrogen-bond donors (Lipinski definition) is 2. The Morgan fingerprint density at radius 3 is 2.00 bits per heavy atom. The third kappa shape index (κ3) is 5.22. The Kier molecular flexibility index (Phi) is 7.03. The van der Waals surface area contributed by atoms with Crippen molar-refractivity contribution in [3.63, 3.8) is 0 Å². The first kappa shape index (κ1) is 19.5. The van der Waals surface area contributed by atoms with Crippen molar-refractivity contribution in [3.8, 4) is 0 Å². The number of amides is 1. The van der Waals surface area contributed by atoms with Crippen molar-refractivity contribution in [1.29, 1.82) is 0 Å². The monoisotopic (exact) mass is 322 g/mol. The van der Waals surface area contributed by atoms with Gasteiger partial charge in [0.15, 0.2) is 0 Å². The van der Waals surface area contributed by atoms with E-state index in [-0.39, 0.29) is 12.1 Å². The van der Waals surface area contributed by atoms with Crippen molar-refractivity contribution in [2.45, 2.75) is 71.6 Å². The molecule has 0 bridgehead atoms. The van der Waals surface area contributed by atoms with Gasteiger partial charge in [-0.05, 0) is 39.2 Å². The van der Waals surface area contributed by atoms with E-state index in [1.165, 1.54) is 9.96 Å². The lowest BCUT2D eigenvalue weighted by atomic mass is 9.95. The fourth-order valence-electron chi connectivity index (χ4n) is 3.12. The van der Waals surface area contributed by atoms with Gasteiger partial charge in [-0.1, -0.05) is 44.2 Å². The third-order valence-corrected chi connectivity index (χ3v) is 4.11. The summed E-state index contributed by atoms with van der Waals surface area (Å²) in [6.07, 6.45) is 0.367. The van der Waals surface area contributed by atoms with Gasteiger partial charge in [0.1, 0.15) is 0 Å². The zero-order valence-corrected chi connectivity index (χ0v) is 14.9. The summed E-state index contributed by atoms with van der Waals surface area (Å²) < 4.78 is 0. The Balaban J connectivity index is 3.01. The van der Waals surface area contributed by atoms with Crippen molar-refractivity contribution >= 4 is 6.09 Å². The van der Waals surface area contributed by atoms with E-state index in [1.807, 2.05) is 65.0 Å². The van der Waals surface area contributed by atoms with Crippen LogP contribution in [0.25, 0.3) is 0 Å². The third-order valence-electron chi connectivity index (χ3n) is 4.11. The maximum absolute atomic E-state index is 11.8. The second-order valence-electron chi connectivity index (χ2n) is 6.86. The molecule has 0 saturated carbocycles. The molecule has 1 aromatic rings. The number of nitrogens with zero attached hydrogens (tertiary/aromatic N) is 2. The molecule has 0 aliphatic heterocycles. The minimum absolute atomic E-state index is 0.254. The van der Waals surface area contributed by atoms with Gasteiger partial charge in [0, 0.05) is 12.1 Å². The quantitative estimate of drug-likeness (QED) is 0.738. The Bertz CT molecular complexity index is 485. The predicted molar refractivity (Wildman–Crippen MR) is 91.5 cm³/mol. The number of carboxylic acid groups (broad SMARTS) is 1. The van der Waals surface area contributed by atoms with E-state index in [0.717, 1.165) is 5.56 Å². The van der Waals surface area contributed by atoms with Gasteiger partial charge in [-0.15, -0.1) is 0 Å². The fourth-order valence-corrected chi connectivity index (χ4v) is 3.12. The lowest BCUT2D eigenvalue weighted by Crippen LogP contribution is -2.58. The molecule has 5 nitrogen and oxygen atoms in total. The normalized spacial score (nSPS) is 14.6. The van der Waals surface area contributed by atoms with Crippen LogP contribution >= 0.6 is 0 Å². The molecular weight excluding hydrogens is 292 g/mol. The van der Waals surface area contributed by atoms with Crippen LogP contribution < -0.4 is 0 Å². The van der Waals surface area contributed by atoms with E-state index < -0.39 is 11.6 Å². The first-order chi connectivity index (χ1) is 10.7. The van der Waals surface area contributed by atoms with Crippen LogP contribution in [0.4, 0.5) is 4.79 Å². The zero-order chi connectivity index (χ0) is 17.6. The number of hydroxylamine groups is 2. The highest BCUT2D eigenvalue weighted by atomic mass is 16.5. The number of hydrogen-bond acceptors (Lipinski definition) is 3. The highest BCUT2D eigenvalue weighted by Crippen LogP contribution is 2.25. The molecule has 0 fully saturated rings. The molecule has 2 N–H and O–H groups in total. The standard InChI is InChI=1S/C18H30N2O3/c1-6-15(19(23)13-14-11-9-8-10-12-14)16(7-2)20(17(21)22)18(3,4)5/h8-12,15-16,23H,6-7,13H2,1-5H3,(H,21,22)/t15-,16+/m1/s1. The Hall–Kier alpha value is -1.59. The van der Waals surface area contributed by atoms with Gasteiger partial charge in [0.25, 0.3) is 0 Å². The van der Waals surface area contributed by atoms with Crippen molar-refractivity contribution in [2.24, 2.45) is 0 Å². The molecule has 0 heterocycles. The highest BCUT2D eigenvalue weighted by molar-refractivity contribution is 5.66.